The van der Waals surface area contributed by atoms with E-state index in [9.17, 15) is 8.42 Å². The Morgan fingerprint density at radius 1 is 1.39 bits per heavy atom. The van der Waals surface area contributed by atoms with Gasteiger partial charge in [0.2, 0.25) is 10.0 Å². The van der Waals surface area contributed by atoms with Gasteiger partial charge in [0.15, 0.2) is 5.75 Å². The second kappa shape index (κ2) is 6.38. The number of nitrogens with two attached hydrogens (primary N) is 1. The minimum atomic E-state index is -3.53. The van der Waals surface area contributed by atoms with Gasteiger partial charge in [0, 0.05) is 18.8 Å². The van der Waals surface area contributed by atoms with Gasteiger partial charge in [0.05, 0.1) is 6.07 Å². The van der Waals surface area contributed by atoms with Crippen LogP contribution in [0.15, 0.2) is 24.3 Å². The van der Waals surface area contributed by atoms with Crippen LogP contribution < -0.4 is 5.73 Å². The topological polar surface area (TPSA) is 87.2 Å². The van der Waals surface area contributed by atoms with E-state index in [0.29, 0.717) is 18.7 Å². The molecule has 0 bridgehead atoms. The maximum absolute atomic E-state index is 11.9. The molecule has 1 aromatic carbocycles. The van der Waals surface area contributed by atoms with E-state index < -0.39 is 15.8 Å². The summed E-state index contributed by atoms with van der Waals surface area (Å²) in [7, 11) is -3.53. The zero-order valence-electron chi connectivity index (χ0n) is 10.3. The lowest BCUT2D eigenvalue weighted by molar-refractivity contribution is 0.408. The Labute approximate surface area is 108 Å². The van der Waals surface area contributed by atoms with Crippen LogP contribution in [-0.2, 0) is 16.6 Å². The number of nitrogens with zero attached hydrogens (tertiary/aromatic N) is 2. The number of para-hydroxylation sites is 1. The molecule has 0 heterocycles. The molecule has 1 aromatic rings. The Morgan fingerprint density at radius 3 is 2.61 bits per heavy atom. The summed E-state index contributed by atoms with van der Waals surface area (Å²) >= 11 is 0. The van der Waals surface area contributed by atoms with Crippen molar-refractivity contribution >= 4 is 15.7 Å². The first-order valence-electron chi connectivity index (χ1n) is 5.69. The number of benzene rings is 1. The predicted molar refractivity (Wildman–Crippen MR) is 71.0 cm³/mol. The minimum Gasteiger partial charge on any atom is -0.398 e. The largest absolute Gasteiger partial charge is 0.398 e. The monoisotopic (exact) mass is 267 g/mol. The molecule has 0 radical (unpaired) electrons. The lowest BCUT2D eigenvalue weighted by Crippen LogP contribution is -2.33. The highest BCUT2D eigenvalue weighted by atomic mass is 32.2. The molecular formula is C12H17N3O2S. The molecule has 0 atom stereocenters. The third-order valence-corrected chi connectivity index (χ3v) is 4.11. The van der Waals surface area contributed by atoms with E-state index in [1.807, 2.05) is 13.0 Å². The Balaban J connectivity index is 2.95. The first-order valence-corrected chi connectivity index (χ1v) is 7.30. The summed E-state index contributed by atoms with van der Waals surface area (Å²) in [6.45, 7) is 2.49. The fraction of sp³-hybridized carbons (Fsp3) is 0.417. The van der Waals surface area contributed by atoms with E-state index in [-0.39, 0.29) is 6.54 Å². The fourth-order valence-electron chi connectivity index (χ4n) is 1.61. The molecule has 0 spiro atoms. The summed E-state index contributed by atoms with van der Waals surface area (Å²) in [5.74, 6) is -0.500. The number of hydrogen-bond donors (Lipinski definition) is 1. The first kappa shape index (κ1) is 14.5. The van der Waals surface area contributed by atoms with E-state index in [4.69, 9.17) is 11.0 Å². The molecule has 0 aliphatic carbocycles. The first-order chi connectivity index (χ1) is 8.51. The van der Waals surface area contributed by atoms with E-state index in [2.05, 4.69) is 0 Å². The lowest BCUT2D eigenvalue weighted by Gasteiger charge is -2.20. The standard InChI is InChI=1S/C12H17N3O2S/c1-2-8-15(18(16,17)9-7-13)10-11-5-3-4-6-12(11)14/h3-6H,2,8-10,14H2,1H3. The van der Waals surface area contributed by atoms with Crippen LogP contribution in [0.1, 0.15) is 18.9 Å². The van der Waals surface area contributed by atoms with Gasteiger partial charge in [-0.05, 0) is 18.1 Å². The van der Waals surface area contributed by atoms with Crippen molar-refractivity contribution in [1.29, 1.82) is 5.26 Å². The molecule has 18 heavy (non-hydrogen) atoms. The second-order valence-corrected chi connectivity index (χ2v) is 5.92. The number of hydrogen-bond acceptors (Lipinski definition) is 4. The van der Waals surface area contributed by atoms with Crippen LogP contribution in [0.4, 0.5) is 5.69 Å². The number of nitrogen functional groups attached to an aromatic ring is 1. The molecule has 5 nitrogen and oxygen atoms in total. The molecule has 0 unspecified atom stereocenters. The van der Waals surface area contributed by atoms with E-state index in [0.717, 1.165) is 5.56 Å². The van der Waals surface area contributed by atoms with Gasteiger partial charge in [-0.2, -0.15) is 9.57 Å². The third-order valence-electron chi connectivity index (χ3n) is 2.52. The Kier molecular flexibility index (Phi) is 5.13. The van der Waals surface area contributed by atoms with Gasteiger partial charge < -0.3 is 5.73 Å². The van der Waals surface area contributed by atoms with Crippen LogP contribution in [0.5, 0.6) is 0 Å². The molecule has 0 aliphatic heterocycles. The van der Waals surface area contributed by atoms with Crippen molar-refractivity contribution in [2.45, 2.75) is 19.9 Å². The van der Waals surface area contributed by atoms with Gasteiger partial charge in [-0.3, -0.25) is 0 Å². The van der Waals surface area contributed by atoms with Crippen molar-refractivity contribution in [3.05, 3.63) is 29.8 Å². The molecule has 0 aliphatic rings. The molecule has 0 aromatic heterocycles. The minimum absolute atomic E-state index is 0.213. The quantitative estimate of drug-likeness (QED) is 0.788. The van der Waals surface area contributed by atoms with Crippen LogP contribution >= 0.6 is 0 Å². The summed E-state index contributed by atoms with van der Waals surface area (Å²) in [5.41, 5.74) is 7.11. The third kappa shape index (κ3) is 3.72. The van der Waals surface area contributed by atoms with Gasteiger partial charge >= 0.3 is 0 Å². The van der Waals surface area contributed by atoms with Gasteiger partial charge in [0.1, 0.15) is 0 Å². The Morgan fingerprint density at radius 2 is 2.06 bits per heavy atom. The van der Waals surface area contributed by atoms with Gasteiger partial charge in [-0.1, -0.05) is 25.1 Å². The van der Waals surface area contributed by atoms with Crippen LogP contribution in [0.25, 0.3) is 0 Å². The van der Waals surface area contributed by atoms with Gasteiger partial charge in [-0.25, -0.2) is 8.42 Å². The van der Waals surface area contributed by atoms with Crippen molar-refractivity contribution in [2.75, 3.05) is 18.0 Å². The van der Waals surface area contributed by atoms with Crippen molar-refractivity contribution in [3.8, 4) is 6.07 Å². The van der Waals surface area contributed by atoms with Crippen molar-refractivity contribution in [1.82, 2.24) is 4.31 Å². The fourth-order valence-corrected chi connectivity index (χ4v) is 2.75. The molecule has 0 fully saturated rings. The lowest BCUT2D eigenvalue weighted by atomic mass is 10.2. The maximum atomic E-state index is 11.9. The number of nitriles is 1. The highest BCUT2D eigenvalue weighted by Gasteiger charge is 2.21. The van der Waals surface area contributed by atoms with E-state index in [1.54, 1.807) is 24.3 Å². The summed E-state index contributed by atoms with van der Waals surface area (Å²) in [6.07, 6.45) is 0.692. The van der Waals surface area contributed by atoms with Crippen LogP contribution in [0, 0.1) is 11.3 Å². The number of anilines is 1. The maximum Gasteiger partial charge on any atom is 0.227 e. The van der Waals surface area contributed by atoms with Crippen molar-refractivity contribution in [3.63, 3.8) is 0 Å². The van der Waals surface area contributed by atoms with Gasteiger partial charge in [-0.15, -0.1) is 0 Å². The Bertz CT molecular complexity index is 534. The van der Waals surface area contributed by atoms with Crippen molar-refractivity contribution in [2.24, 2.45) is 0 Å². The summed E-state index contributed by atoms with van der Waals surface area (Å²) < 4.78 is 25.1. The average Bonchev–Trinajstić information content (AvgIpc) is 2.31. The summed E-state index contributed by atoms with van der Waals surface area (Å²) in [6, 6.07) is 8.82. The summed E-state index contributed by atoms with van der Waals surface area (Å²) in [5, 5.41) is 8.56. The molecule has 0 saturated heterocycles. The van der Waals surface area contributed by atoms with Crippen LogP contribution in [0.2, 0.25) is 0 Å². The number of rotatable bonds is 6. The SMILES string of the molecule is CCCN(Cc1ccccc1N)S(=O)(=O)CC#N. The van der Waals surface area contributed by atoms with E-state index >= 15 is 0 Å². The second-order valence-electron chi connectivity index (χ2n) is 3.95. The molecule has 2 N–H and O–H groups in total. The zero-order chi connectivity index (χ0) is 13.6. The van der Waals surface area contributed by atoms with Crippen LogP contribution in [-0.4, -0.2) is 25.0 Å². The van der Waals surface area contributed by atoms with Crippen LogP contribution in [0.3, 0.4) is 0 Å². The summed E-state index contributed by atoms with van der Waals surface area (Å²) in [4.78, 5) is 0. The molecule has 6 heteroatoms. The molecule has 0 amide bonds. The Hall–Kier alpha value is -1.58. The molecule has 0 saturated carbocycles. The average molecular weight is 267 g/mol. The molecule has 98 valence electrons. The number of sulfonamides is 1. The zero-order valence-corrected chi connectivity index (χ0v) is 11.2. The van der Waals surface area contributed by atoms with E-state index in [1.165, 1.54) is 4.31 Å². The van der Waals surface area contributed by atoms with Crippen molar-refractivity contribution < 1.29 is 8.42 Å². The normalized spacial score (nSPS) is 11.4. The highest BCUT2D eigenvalue weighted by molar-refractivity contribution is 7.89. The smallest absolute Gasteiger partial charge is 0.227 e. The van der Waals surface area contributed by atoms with Gasteiger partial charge in [0.25, 0.3) is 0 Å². The molecular weight excluding hydrogens is 250 g/mol. The highest BCUT2D eigenvalue weighted by Crippen LogP contribution is 2.16. The predicted octanol–water partition coefficient (Wildman–Crippen LogP) is 1.33. The molecule has 1 rings (SSSR count).